The largest absolute Gasteiger partial charge is 0.379 e. The normalized spacial score (nSPS) is 17.8. The van der Waals surface area contributed by atoms with Crippen LogP contribution in [0.15, 0.2) is 54.6 Å². The molecular weight excluding hydrogens is 404 g/mol. The number of hydrogen-bond acceptors (Lipinski definition) is 5. The zero-order chi connectivity index (χ0) is 22.2. The summed E-state index contributed by atoms with van der Waals surface area (Å²) in [7, 11) is 0. The molecule has 0 spiro atoms. The lowest BCUT2D eigenvalue weighted by atomic mass is 10.0. The number of piperazine rings is 1. The molecule has 1 N–H and O–H groups in total. The Balaban J connectivity index is 1.21. The summed E-state index contributed by atoms with van der Waals surface area (Å²) in [6.07, 6.45) is 0.435. The molecule has 2 aromatic rings. The summed E-state index contributed by atoms with van der Waals surface area (Å²) in [5, 5.41) is 3.08. The van der Waals surface area contributed by atoms with E-state index in [0.29, 0.717) is 32.7 Å². The number of anilines is 1. The molecule has 4 rings (SSSR count). The number of benzene rings is 2. The summed E-state index contributed by atoms with van der Waals surface area (Å²) in [6, 6.07) is 18.0. The van der Waals surface area contributed by atoms with Crippen LogP contribution in [0.3, 0.4) is 0 Å². The molecule has 0 aromatic heterocycles. The van der Waals surface area contributed by atoms with Crippen molar-refractivity contribution >= 4 is 17.5 Å². The molecule has 0 aliphatic carbocycles. The van der Waals surface area contributed by atoms with Gasteiger partial charge in [0.25, 0.3) is 0 Å². The molecular formula is C25H32N4O3. The minimum Gasteiger partial charge on any atom is -0.379 e. The van der Waals surface area contributed by atoms with E-state index in [1.54, 1.807) is 0 Å². The minimum atomic E-state index is 0.0132. The second kappa shape index (κ2) is 11.2. The van der Waals surface area contributed by atoms with Gasteiger partial charge in [0.15, 0.2) is 0 Å². The quantitative estimate of drug-likeness (QED) is 0.721. The number of rotatable bonds is 7. The lowest BCUT2D eigenvalue weighted by molar-refractivity contribution is -0.135. The lowest BCUT2D eigenvalue weighted by Gasteiger charge is -2.36. The highest BCUT2D eigenvalue weighted by molar-refractivity contribution is 5.95. The summed E-state index contributed by atoms with van der Waals surface area (Å²) < 4.78 is 5.35. The molecule has 7 nitrogen and oxygen atoms in total. The van der Waals surface area contributed by atoms with Crippen LogP contribution in [0, 0.1) is 0 Å². The van der Waals surface area contributed by atoms with Crippen molar-refractivity contribution < 1.29 is 14.3 Å². The first-order chi connectivity index (χ1) is 15.7. The van der Waals surface area contributed by atoms with Gasteiger partial charge in [-0.1, -0.05) is 48.5 Å². The molecule has 0 bridgehead atoms. The highest BCUT2D eigenvalue weighted by atomic mass is 16.5. The van der Waals surface area contributed by atoms with Crippen molar-refractivity contribution in [2.45, 2.75) is 6.42 Å². The molecule has 2 fully saturated rings. The Morgan fingerprint density at radius 1 is 0.812 bits per heavy atom. The number of nitrogens with zero attached hydrogens (tertiary/aromatic N) is 3. The zero-order valence-corrected chi connectivity index (χ0v) is 18.5. The van der Waals surface area contributed by atoms with E-state index in [2.05, 4.69) is 15.1 Å². The highest BCUT2D eigenvalue weighted by Gasteiger charge is 2.23. The molecule has 32 heavy (non-hydrogen) atoms. The van der Waals surface area contributed by atoms with Crippen molar-refractivity contribution in [3.05, 3.63) is 54.6 Å². The summed E-state index contributed by atoms with van der Waals surface area (Å²) >= 11 is 0. The molecule has 2 heterocycles. The maximum Gasteiger partial charge on any atom is 0.236 e. The van der Waals surface area contributed by atoms with Crippen molar-refractivity contribution in [1.82, 2.24) is 14.7 Å². The van der Waals surface area contributed by atoms with Crippen LogP contribution in [-0.2, 0) is 14.3 Å². The van der Waals surface area contributed by atoms with Gasteiger partial charge >= 0.3 is 0 Å². The third kappa shape index (κ3) is 6.16. The first kappa shape index (κ1) is 22.5. The van der Waals surface area contributed by atoms with Gasteiger partial charge in [-0.05, 0) is 11.6 Å². The zero-order valence-electron chi connectivity index (χ0n) is 18.5. The van der Waals surface area contributed by atoms with E-state index in [1.165, 1.54) is 0 Å². The second-order valence-electron chi connectivity index (χ2n) is 8.32. The predicted molar refractivity (Wildman–Crippen MR) is 125 cm³/mol. The Morgan fingerprint density at radius 3 is 2.25 bits per heavy atom. The number of hydrogen-bond donors (Lipinski definition) is 1. The van der Waals surface area contributed by atoms with E-state index < -0.39 is 0 Å². The third-order valence-electron chi connectivity index (χ3n) is 6.13. The first-order valence-corrected chi connectivity index (χ1v) is 11.4. The molecule has 0 saturated carbocycles. The Kier molecular flexibility index (Phi) is 7.87. The van der Waals surface area contributed by atoms with Gasteiger partial charge in [-0.3, -0.25) is 19.4 Å². The van der Waals surface area contributed by atoms with E-state index in [9.17, 15) is 9.59 Å². The van der Waals surface area contributed by atoms with Crippen LogP contribution in [0.4, 0.5) is 5.69 Å². The van der Waals surface area contributed by atoms with Gasteiger partial charge in [-0.15, -0.1) is 0 Å². The van der Waals surface area contributed by atoms with Gasteiger partial charge in [0.1, 0.15) is 0 Å². The molecule has 0 unspecified atom stereocenters. The molecule has 7 heteroatoms. The highest BCUT2D eigenvalue weighted by Crippen LogP contribution is 2.27. The summed E-state index contributed by atoms with van der Waals surface area (Å²) in [4.78, 5) is 31.5. The van der Waals surface area contributed by atoms with Crippen LogP contribution in [-0.4, -0.2) is 92.1 Å². The number of carbonyl (C=O) groups excluding carboxylic acids is 2. The molecule has 2 saturated heterocycles. The first-order valence-electron chi connectivity index (χ1n) is 11.4. The fourth-order valence-corrected chi connectivity index (χ4v) is 4.21. The average molecular weight is 437 g/mol. The number of para-hydroxylation sites is 1. The third-order valence-corrected chi connectivity index (χ3v) is 6.13. The Bertz CT molecular complexity index is 891. The molecule has 2 aliphatic heterocycles. The van der Waals surface area contributed by atoms with Gasteiger partial charge in [-0.2, -0.15) is 0 Å². The van der Waals surface area contributed by atoms with Crippen LogP contribution >= 0.6 is 0 Å². The number of carbonyl (C=O) groups is 2. The Hall–Kier alpha value is -2.74. The van der Waals surface area contributed by atoms with E-state index in [4.69, 9.17) is 4.74 Å². The molecule has 0 radical (unpaired) electrons. The fraction of sp³-hybridized carbons (Fsp3) is 0.440. The van der Waals surface area contributed by atoms with Crippen molar-refractivity contribution in [2.24, 2.45) is 0 Å². The second-order valence-corrected chi connectivity index (χ2v) is 8.32. The van der Waals surface area contributed by atoms with E-state index in [0.717, 1.165) is 56.1 Å². The number of nitrogens with one attached hydrogen (secondary N) is 1. The molecule has 2 aliphatic rings. The van der Waals surface area contributed by atoms with Gasteiger partial charge in [0, 0.05) is 63.5 Å². The number of ether oxygens (including phenoxy) is 1. The van der Waals surface area contributed by atoms with Crippen molar-refractivity contribution in [3.8, 4) is 11.1 Å². The van der Waals surface area contributed by atoms with Crippen LogP contribution in [0.5, 0.6) is 0 Å². The number of morpholine rings is 1. The van der Waals surface area contributed by atoms with Crippen LogP contribution in [0.2, 0.25) is 0 Å². The smallest absolute Gasteiger partial charge is 0.236 e. The van der Waals surface area contributed by atoms with Crippen molar-refractivity contribution in [3.63, 3.8) is 0 Å². The standard InChI is InChI=1S/C25H32N4O3/c30-24(26-23-9-5-4-8-22(23)21-6-2-1-3-7-21)10-11-27-12-14-29(15-13-27)25(31)20-28-16-18-32-19-17-28/h1-9H,10-20H2,(H,26,30). The van der Waals surface area contributed by atoms with E-state index in [-0.39, 0.29) is 11.8 Å². The summed E-state index contributed by atoms with van der Waals surface area (Å²) in [5.41, 5.74) is 2.94. The number of amides is 2. The topological polar surface area (TPSA) is 65.1 Å². The minimum absolute atomic E-state index is 0.0132. The Labute approximate surface area is 189 Å². The van der Waals surface area contributed by atoms with Crippen LogP contribution in [0.25, 0.3) is 11.1 Å². The molecule has 2 aromatic carbocycles. The van der Waals surface area contributed by atoms with Crippen LogP contribution in [0.1, 0.15) is 6.42 Å². The van der Waals surface area contributed by atoms with Gasteiger partial charge in [0.05, 0.1) is 19.8 Å². The lowest BCUT2D eigenvalue weighted by Crippen LogP contribution is -2.52. The van der Waals surface area contributed by atoms with Crippen molar-refractivity contribution in [1.29, 1.82) is 0 Å². The van der Waals surface area contributed by atoms with Crippen LogP contribution < -0.4 is 5.32 Å². The molecule has 170 valence electrons. The SMILES string of the molecule is O=C(CCN1CCN(C(=O)CN2CCOCC2)CC1)Nc1ccccc1-c1ccccc1. The van der Waals surface area contributed by atoms with Crippen molar-refractivity contribution in [2.75, 3.05) is 70.9 Å². The maximum absolute atomic E-state index is 12.6. The summed E-state index contributed by atoms with van der Waals surface area (Å²) in [5.74, 6) is 0.209. The van der Waals surface area contributed by atoms with E-state index in [1.807, 2.05) is 59.5 Å². The fourth-order valence-electron chi connectivity index (χ4n) is 4.21. The predicted octanol–water partition coefficient (Wildman–Crippen LogP) is 2.16. The summed E-state index contributed by atoms with van der Waals surface area (Å²) in [6.45, 7) is 7.31. The van der Waals surface area contributed by atoms with Gasteiger partial charge in [0.2, 0.25) is 11.8 Å². The van der Waals surface area contributed by atoms with E-state index >= 15 is 0 Å². The maximum atomic E-state index is 12.6. The van der Waals surface area contributed by atoms with Gasteiger partial charge in [-0.25, -0.2) is 0 Å². The van der Waals surface area contributed by atoms with Gasteiger partial charge < -0.3 is 15.0 Å². The Morgan fingerprint density at radius 2 is 1.50 bits per heavy atom. The average Bonchev–Trinajstić information content (AvgIpc) is 2.84. The monoisotopic (exact) mass is 436 g/mol. The molecule has 0 atom stereocenters. The molecule has 2 amide bonds.